The molecule has 8 amide bonds. The Labute approximate surface area is 459 Å². The maximum atomic E-state index is 14.8. The molecule has 424 valence electrons. The van der Waals surface area contributed by atoms with Crippen LogP contribution in [0.15, 0.2) is 97.5 Å². The molecule has 0 radical (unpaired) electrons. The molecule has 8 atom stereocenters. The fraction of sp³-hybridized carbons (Fsp3) is 0.474. The molecule has 6 rings (SSSR count). The van der Waals surface area contributed by atoms with Gasteiger partial charge in [0.05, 0.1) is 6.33 Å². The van der Waals surface area contributed by atoms with Gasteiger partial charge in [0.2, 0.25) is 41.4 Å². The van der Waals surface area contributed by atoms with Gasteiger partial charge in [0.15, 0.2) is 0 Å². The fourth-order valence-electron chi connectivity index (χ4n) is 9.25. The van der Waals surface area contributed by atoms with Crippen molar-refractivity contribution in [2.75, 3.05) is 13.1 Å². The van der Waals surface area contributed by atoms with Crippen LogP contribution in [-0.2, 0) is 73.9 Å². The van der Waals surface area contributed by atoms with Crippen LogP contribution in [0.1, 0.15) is 101 Å². The van der Waals surface area contributed by atoms with Gasteiger partial charge < -0.3 is 61.7 Å². The van der Waals surface area contributed by atoms with E-state index in [4.69, 9.17) is 9.47 Å². The van der Waals surface area contributed by atoms with Crippen molar-refractivity contribution >= 4 is 53.4 Å². The molecule has 4 aromatic rings. The molecule has 22 heteroatoms. The molecule has 0 aliphatic carbocycles. The van der Waals surface area contributed by atoms with Crippen LogP contribution >= 0.6 is 0 Å². The largest absolute Gasteiger partial charge is 0.508 e. The highest BCUT2D eigenvalue weighted by molar-refractivity contribution is 5.98. The molecule has 2 aliphatic rings. The lowest BCUT2D eigenvalue weighted by Crippen LogP contribution is -2.62. The van der Waals surface area contributed by atoms with Gasteiger partial charge in [0, 0.05) is 44.2 Å². The summed E-state index contributed by atoms with van der Waals surface area (Å²) in [6.45, 7) is 7.00. The number of carbonyl (C=O) groups excluding carboxylic acids is 9. The molecule has 3 aromatic carbocycles. The molecule has 3 heterocycles. The first-order valence-electron chi connectivity index (χ1n) is 27.0. The van der Waals surface area contributed by atoms with Gasteiger partial charge in [-0.3, -0.25) is 33.6 Å². The summed E-state index contributed by atoms with van der Waals surface area (Å²) >= 11 is 0. The summed E-state index contributed by atoms with van der Waals surface area (Å²) in [5, 5.41) is 29.4. The van der Waals surface area contributed by atoms with Crippen LogP contribution in [0.4, 0.5) is 4.79 Å². The molecule has 0 spiro atoms. The van der Waals surface area contributed by atoms with Crippen molar-refractivity contribution in [2.24, 2.45) is 11.8 Å². The lowest BCUT2D eigenvalue weighted by atomic mass is 9.96. The molecular formula is C57H74N10O12. The van der Waals surface area contributed by atoms with Crippen molar-refractivity contribution in [3.8, 4) is 5.75 Å². The van der Waals surface area contributed by atoms with E-state index in [1.807, 2.05) is 13.0 Å². The minimum Gasteiger partial charge on any atom is -0.508 e. The number of carbonyl (C=O) groups is 9. The molecule has 0 unspecified atom stereocenters. The lowest BCUT2D eigenvalue weighted by Gasteiger charge is -2.32. The fourth-order valence-corrected chi connectivity index (χ4v) is 9.25. The van der Waals surface area contributed by atoms with Crippen LogP contribution in [0.25, 0.3) is 0 Å². The molecule has 79 heavy (non-hydrogen) atoms. The van der Waals surface area contributed by atoms with E-state index in [1.54, 1.807) is 87.5 Å². The van der Waals surface area contributed by atoms with Crippen LogP contribution in [0, 0.1) is 11.8 Å². The number of hydrogen-bond donors (Lipinski definition) is 9. The number of nitrogens with one attached hydrogen (secondary N) is 8. The number of imidazole rings is 1. The molecular weight excluding hydrogens is 1020 g/mol. The van der Waals surface area contributed by atoms with Crippen molar-refractivity contribution in [1.82, 2.24) is 52.1 Å². The number of amides is 8. The standard InChI is InChI=1S/C57H74N10O12/c1-5-36(4)49-54(74)63-45(30-40-31-58-34-60-40)55(75)67-28-14-20-46(67)52(72)61-43(56(76)78-32-38-15-8-6-9-16-38)19-12-13-27-59-47(69)26-25-42(64-57(77)79-33-39-17-10-7-11-18-39)50(70)65-48(35(2)3)53(73)62-44(51(71)66-49)29-37-21-23-41(68)24-22-37/h6-11,15-18,21-24,31,34-36,42-46,48-49,68H,5,12-14,19-20,25-30,32-33H2,1-4H3,(H,58,60)(H,59,69)(H,61,72)(H,62,73)(H,63,74)(H,64,77)(H,65,70)(H,66,71)/t36-,42+,43+,44+,45-,46-,48-,49-/m0/s1. The SMILES string of the molecule is CC[C@H](C)[C@@H]1NC(=O)[C@@H](Cc2ccc(O)cc2)NC(=O)[C@H](C(C)C)NC(=O)[C@H](NC(=O)OCc2ccccc2)CCC(=O)NCCCC[C@H](C(=O)OCc2ccccc2)NC(=O)[C@@H]2CCCN2C(=O)[C@H](Cc2cnc[nH]2)NC1=O. The van der Waals surface area contributed by atoms with Crippen molar-refractivity contribution in [3.05, 3.63) is 120 Å². The van der Waals surface area contributed by atoms with E-state index >= 15 is 0 Å². The monoisotopic (exact) mass is 1090 g/mol. The number of esters is 1. The molecule has 2 fully saturated rings. The molecule has 22 nitrogen and oxygen atoms in total. The zero-order chi connectivity index (χ0) is 56.8. The Balaban J connectivity index is 1.32. The predicted molar refractivity (Wildman–Crippen MR) is 289 cm³/mol. The van der Waals surface area contributed by atoms with E-state index in [0.717, 1.165) is 5.56 Å². The Morgan fingerprint density at radius 1 is 0.684 bits per heavy atom. The van der Waals surface area contributed by atoms with Gasteiger partial charge in [-0.15, -0.1) is 0 Å². The van der Waals surface area contributed by atoms with Gasteiger partial charge >= 0.3 is 12.1 Å². The number of aromatic nitrogens is 2. The quantitative estimate of drug-likeness (QED) is 0.0871. The van der Waals surface area contributed by atoms with Crippen molar-refractivity contribution in [2.45, 2.75) is 147 Å². The zero-order valence-electron chi connectivity index (χ0n) is 45.2. The van der Waals surface area contributed by atoms with Gasteiger partial charge in [0.25, 0.3) is 0 Å². The number of hydrogen-bond acceptors (Lipinski definition) is 13. The van der Waals surface area contributed by atoms with E-state index < -0.39 is 108 Å². The summed E-state index contributed by atoms with van der Waals surface area (Å²) in [4.78, 5) is 136. The number of nitrogens with zero attached hydrogens (tertiary/aromatic N) is 2. The molecule has 2 aliphatic heterocycles. The van der Waals surface area contributed by atoms with Gasteiger partial charge in [-0.1, -0.05) is 107 Å². The highest BCUT2D eigenvalue weighted by Gasteiger charge is 2.41. The van der Waals surface area contributed by atoms with Gasteiger partial charge in [-0.2, -0.15) is 0 Å². The Kier molecular flexibility index (Phi) is 22.8. The number of aromatic hydroxyl groups is 1. The van der Waals surface area contributed by atoms with Crippen molar-refractivity contribution < 1.29 is 57.7 Å². The van der Waals surface area contributed by atoms with E-state index in [9.17, 15) is 48.3 Å². The van der Waals surface area contributed by atoms with E-state index in [2.05, 4.69) is 47.2 Å². The van der Waals surface area contributed by atoms with Crippen LogP contribution in [-0.4, -0.2) is 129 Å². The second-order valence-corrected chi connectivity index (χ2v) is 20.4. The number of alkyl carbamates (subject to hydrolysis) is 1. The second-order valence-electron chi connectivity index (χ2n) is 20.4. The number of fused-ring (bicyclic) bond motifs is 1. The van der Waals surface area contributed by atoms with Gasteiger partial charge in [0.1, 0.15) is 61.3 Å². The number of benzene rings is 3. The number of rotatable bonds is 13. The van der Waals surface area contributed by atoms with E-state index in [1.165, 1.54) is 29.6 Å². The van der Waals surface area contributed by atoms with Crippen molar-refractivity contribution in [3.63, 3.8) is 0 Å². The third-order valence-corrected chi connectivity index (χ3v) is 14.0. The summed E-state index contributed by atoms with van der Waals surface area (Å²) in [5.41, 5.74) is 2.41. The average molecular weight is 1090 g/mol. The number of phenolic OH excluding ortho intramolecular Hbond substituents is 1. The summed E-state index contributed by atoms with van der Waals surface area (Å²) < 4.78 is 11.1. The summed E-state index contributed by atoms with van der Waals surface area (Å²) in [6, 6.07) is 15.0. The first kappa shape index (κ1) is 59.9. The minimum absolute atomic E-state index is 0.0447. The van der Waals surface area contributed by atoms with Gasteiger partial charge in [-0.05, 0) is 79.2 Å². The maximum absolute atomic E-state index is 14.8. The van der Waals surface area contributed by atoms with Crippen LogP contribution in [0.2, 0.25) is 0 Å². The molecule has 9 N–H and O–H groups in total. The van der Waals surface area contributed by atoms with Crippen molar-refractivity contribution in [1.29, 1.82) is 0 Å². The normalized spacial score (nSPS) is 23.1. The van der Waals surface area contributed by atoms with E-state index in [-0.39, 0.29) is 70.6 Å². The summed E-state index contributed by atoms with van der Waals surface area (Å²) in [6.07, 6.45) is 3.14. The number of ether oxygens (including phenoxy) is 2. The highest BCUT2D eigenvalue weighted by Crippen LogP contribution is 2.22. The minimum atomic E-state index is -1.39. The molecule has 0 saturated carbocycles. The topological polar surface area (TPSA) is 308 Å². The van der Waals surface area contributed by atoms with Crippen LogP contribution < -0.4 is 37.2 Å². The molecule has 0 bridgehead atoms. The second kappa shape index (κ2) is 30.0. The molecule has 1 aromatic heterocycles. The number of H-pyrrole nitrogens is 1. The molecule has 2 saturated heterocycles. The summed E-state index contributed by atoms with van der Waals surface area (Å²) in [5.74, 6) is -6.67. The Bertz CT molecular complexity index is 2670. The Hall–Kier alpha value is -8.30. The van der Waals surface area contributed by atoms with E-state index in [0.29, 0.717) is 42.5 Å². The first-order valence-corrected chi connectivity index (χ1v) is 27.0. The lowest BCUT2D eigenvalue weighted by molar-refractivity contribution is -0.150. The first-order chi connectivity index (χ1) is 38.0. The maximum Gasteiger partial charge on any atom is 0.408 e. The van der Waals surface area contributed by atoms with Crippen LogP contribution in [0.3, 0.4) is 0 Å². The smallest absolute Gasteiger partial charge is 0.408 e. The number of aromatic amines is 1. The average Bonchev–Trinajstić information content (AvgIpc) is 4.18. The summed E-state index contributed by atoms with van der Waals surface area (Å²) in [7, 11) is 0. The third-order valence-electron chi connectivity index (χ3n) is 14.0. The Morgan fingerprint density at radius 2 is 1.33 bits per heavy atom. The Morgan fingerprint density at radius 3 is 1.97 bits per heavy atom. The zero-order valence-corrected chi connectivity index (χ0v) is 45.2. The highest BCUT2D eigenvalue weighted by atomic mass is 16.5. The third kappa shape index (κ3) is 18.4. The van der Waals surface area contributed by atoms with Gasteiger partial charge in [-0.25, -0.2) is 14.6 Å². The predicted octanol–water partition coefficient (Wildman–Crippen LogP) is 3.14. The van der Waals surface area contributed by atoms with Crippen LogP contribution in [0.5, 0.6) is 5.75 Å². The number of phenols is 1.